The maximum absolute atomic E-state index is 12.3. The Hall–Kier alpha value is -2.52. The fourth-order valence-electron chi connectivity index (χ4n) is 3.21. The Morgan fingerprint density at radius 2 is 1.87 bits per heavy atom. The number of fused-ring (bicyclic) bond motifs is 1. The molecule has 0 unspecified atom stereocenters. The van der Waals surface area contributed by atoms with Crippen molar-refractivity contribution >= 4 is 50.0 Å². The highest BCUT2D eigenvalue weighted by molar-refractivity contribution is 7.99. The first kappa shape index (κ1) is 23.1. The van der Waals surface area contributed by atoms with Crippen LogP contribution in [0.2, 0.25) is 0 Å². The lowest BCUT2D eigenvalue weighted by atomic mass is 10.2. The maximum atomic E-state index is 12.3. The first-order valence-electron chi connectivity index (χ1n) is 10.2. The Morgan fingerprint density at radius 1 is 1.16 bits per heavy atom. The van der Waals surface area contributed by atoms with Crippen LogP contribution in [0, 0.1) is 0 Å². The average molecular weight is 462 g/mol. The Labute approximate surface area is 187 Å². The van der Waals surface area contributed by atoms with Crippen LogP contribution in [-0.4, -0.2) is 43.4 Å². The number of oxazole rings is 1. The van der Waals surface area contributed by atoms with Crippen LogP contribution in [0.25, 0.3) is 11.1 Å². The number of rotatable bonds is 9. The van der Waals surface area contributed by atoms with E-state index in [9.17, 15) is 13.2 Å². The van der Waals surface area contributed by atoms with Gasteiger partial charge in [-0.1, -0.05) is 18.7 Å². The number of hydrogen-bond acceptors (Lipinski definition) is 7. The summed E-state index contributed by atoms with van der Waals surface area (Å²) in [5, 5.41) is 3.19. The van der Waals surface area contributed by atoms with Gasteiger partial charge in [0.05, 0.1) is 16.4 Å². The van der Waals surface area contributed by atoms with Crippen molar-refractivity contribution in [2.75, 3.05) is 28.3 Å². The number of anilines is 2. The summed E-state index contributed by atoms with van der Waals surface area (Å²) < 4.78 is 29.7. The molecule has 1 aromatic heterocycles. The van der Waals surface area contributed by atoms with Crippen LogP contribution in [0.3, 0.4) is 0 Å². The molecule has 1 N–H and O–H groups in total. The number of thioether (sulfide) groups is 1. The van der Waals surface area contributed by atoms with Crippen LogP contribution in [0.15, 0.2) is 57.0 Å². The average Bonchev–Trinajstić information content (AvgIpc) is 3.16. The minimum atomic E-state index is -3.31. The van der Waals surface area contributed by atoms with Gasteiger partial charge in [-0.3, -0.25) is 4.79 Å². The van der Waals surface area contributed by atoms with Gasteiger partial charge in [0.15, 0.2) is 15.4 Å². The number of aromatic nitrogens is 1. The molecule has 0 aliphatic heterocycles. The van der Waals surface area contributed by atoms with E-state index in [4.69, 9.17) is 4.42 Å². The summed E-state index contributed by atoms with van der Waals surface area (Å²) in [6.07, 6.45) is 0. The van der Waals surface area contributed by atoms with Gasteiger partial charge in [-0.25, -0.2) is 13.4 Å². The third-order valence-corrected chi connectivity index (χ3v) is 7.41. The van der Waals surface area contributed by atoms with Gasteiger partial charge < -0.3 is 14.6 Å². The highest BCUT2D eigenvalue weighted by Crippen LogP contribution is 2.26. The van der Waals surface area contributed by atoms with Crippen molar-refractivity contribution in [2.24, 2.45) is 0 Å². The van der Waals surface area contributed by atoms with Gasteiger partial charge in [0, 0.05) is 24.0 Å². The van der Waals surface area contributed by atoms with E-state index in [2.05, 4.69) is 36.0 Å². The molecular weight excluding hydrogens is 434 g/mol. The van der Waals surface area contributed by atoms with Crippen molar-refractivity contribution in [2.45, 2.75) is 43.9 Å². The molecule has 1 amide bonds. The van der Waals surface area contributed by atoms with E-state index in [1.165, 1.54) is 12.1 Å². The number of sulfone groups is 1. The fraction of sp³-hybridized carbons (Fsp3) is 0.364. The molecule has 7 nitrogen and oxygen atoms in total. The third kappa shape index (κ3) is 5.59. The number of amides is 1. The van der Waals surface area contributed by atoms with Crippen LogP contribution in [0.5, 0.6) is 0 Å². The van der Waals surface area contributed by atoms with Crippen LogP contribution < -0.4 is 10.2 Å². The van der Waals surface area contributed by atoms with Crippen molar-refractivity contribution in [3.63, 3.8) is 0 Å². The van der Waals surface area contributed by atoms with Gasteiger partial charge in [0.1, 0.15) is 5.52 Å². The summed E-state index contributed by atoms with van der Waals surface area (Å²) >= 11 is 1.16. The van der Waals surface area contributed by atoms with Gasteiger partial charge >= 0.3 is 0 Å². The summed E-state index contributed by atoms with van der Waals surface area (Å²) in [6.45, 7) is 8.91. The lowest BCUT2D eigenvalue weighted by Crippen LogP contribution is -2.30. The molecule has 3 aromatic rings. The molecule has 0 bridgehead atoms. The number of nitrogens with zero attached hydrogens (tertiary/aromatic N) is 2. The number of nitrogens with one attached hydrogen (secondary N) is 1. The van der Waals surface area contributed by atoms with E-state index in [0.717, 1.165) is 29.7 Å². The molecule has 0 aliphatic rings. The number of carbonyl (C=O) groups excluding carboxylic acids is 1. The van der Waals surface area contributed by atoms with Crippen molar-refractivity contribution in [1.82, 2.24) is 4.98 Å². The van der Waals surface area contributed by atoms with E-state index in [0.29, 0.717) is 22.4 Å². The zero-order chi connectivity index (χ0) is 22.6. The standard InChI is InChI=1S/C22H27N3O4S2/c1-5-25(15(3)4)17-9-7-16(8-10-17)23-21(26)14-30-22-24-19-13-18(31(27,28)6-2)11-12-20(19)29-22/h7-13,15H,5-6,14H2,1-4H3,(H,23,26). The van der Waals surface area contributed by atoms with Crippen molar-refractivity contribution in [3.8, 4) is 0 Å². The van der Waals surface area contributed by atoms with E-state index in [1.54, 1.807) is 13.0 Å². The number of benzene rings is 2. The second kappa shape index (κ2) is 9.74. The molecule has 31 heavy (non-hydrogen) atoms. The SMILES string of the molecule is CCN(c1ccc(NC(=O)CSc2nc3cc(S(=O)(=O)CC)ccc3o2)cc1)C(C)C. The van der Waals surface area contributed by atoms with Crippen LogP contribution in [0.4, 0.5) is 11.4 Å². The number of carbonyl (C=O) groups is 1. The molecule has 3 rings (SSSR count). The van der Waals surface area contributed by atoms with Gasteiger partial charge in [0.2, 0.25) is 5.91 Å². The third-order valence-electron chi connectivity index (χ3n) is 4.85. The molecule has 0 radical (unpaired) electrons. The molecule has 166 valence electrons. The van der Waals surface area contributed by atoms with Gasteiger partial charge in [-0.2, -0.15) is 0 Å². The fourth-order valence-corrected chi connectivity index (χ4v) is 4.75. The lowest BCUT2D eigenvalue weighted by molar-refractivity contribution is -0.113. The van der Waals surface area contributed by atoms with Crippen molar-refractivity contribution < 1.29 is 17.6 Å². The highest BCUT2D eigenvalue weighted by atomic mass is 32.2. The summed E-state index contributed by atoms with van der Waals surface area (Å²) in [4.78, 5) is 19.1. The monoisotopic (exact) mass is 461 g/mol. The Bertz CT molecular complexity index is 1160. The topological polar surface area (TPSA) is 92.5 Å². The first-order chi connectivity index (χ1) is 14.7. The molecule has 0 atom stereocenters. The molecule has 0 saturated heterocycles. The zero-order valence-corrected chi connectivity index (χ0v) is 19.7. The molecule has 0 fully saturated rings. The molecule has 0 saturated carbocycles. The molecule has 0 aliphatic carbocycles. The Morgan fingerprint density at radius 3 is 2.48 bits per heavy atom. The summed E-state index contributed by atoms with van der Waals surface area (Å²) in [5.74, 6) is -0.0278. The number of hydrogen-bond donors (Lipinski definition) is 1. The first-order valence-corrected chi connectivity index (χ1v) is 12.8. The second-order valence-electron chi connectivity index (χ2n) is 7.28. The normalized spacial score (nSPS) is 11.8. The highest BCUT2D eigenvalue weighted by Gasteiger charge is 2.15. The second-order valence-corrected chi connectivity index (χ2v) is 10.5. The predicted octanol–water partition coefficient (Wildman–Crippen LogP) is 4.59. The molecule has 9 heteroatoms. The quantitative estimate of drug-likeness (QED) is 0.466. The minimum Gasteiger partial charge on any atom is -0.431 e. The van der Waals surface area contributed by atoms with E-state index < -0.39 is 9.84 Å². The van der Waals surface area contributed by atoms with Gasteiger partial charge in [-0.05, 0) is 63.2 Å². The van der Waals surface area contributed by atoms with Gasteiger partial charge in [-0.15, -0.1) is 0 Å². The van der Waals surface area contributed by atoms with Gasteiger partial charge in [0.25, 0.3) is 5.22 Å². The Balaban J connectivity index is 1.61. The molecule has 0 spiro atoms. The molecule has 2 aromatic carbocycles. The van der Waals surface area contributed by atoms with Crippen molar-refractivity contribution in [1.29, 1.82) is 0 Å². The Kier molecular flexibility index (Phi) is 7.27. The van der Waals surface area contributed by atoms with E-state index >= 15 is 0 Å². The molecule has 1 heterocycles. The zero-order valence-electron chi connectivity index (χ0n) is 18.1. The van der Waals surface area contributed by atoms with E-state index in [1.807, 2.05) is 24.3 Å². The lowest BCUT2D eigenvalue weighted by Gasteiger charge is -2.27. The predicted molar refractivity (Wildman–Crippen MR) is 126 cm³/mol. The van der Waals surface area contributed by atoms with E-state index in [-0.39, 0.29) is 22.3 Å². The smallest absolute Gasteiger partial charge is 0.257 e. The summed E-state index contributed by atoms with van der Waals surface area (Å²) in [7, 11) is -3.31. The largest absolute Gasteiger partial charge is 0.431 e. The summed E-state index contributed by atoms with van der Waals surface area (Å²) in [5.41, 5.74) is 2.78. The van der Waals surface area contributed by atoms with Crippen LogP contribution >= 0.6 is 11.8 Å². The van der Waals surface area contributed by atoms with Crippen LogP contribution in [0.1, 0.15) is 27.7 Å². The summed E-state index contributed by atoms with van der Waals surface area (Å²) in [6, 6.07) is 12.8. The van der Waals surface area contributed by atoms with Crippen LogP contribution in [-0.2, 0) is 14.6 Å². The molecular formula is C22H27N3O4S2. The minimum absolute atomic E-state index is 0.0209. The maximum Gasteiger partial charge on any atom is 0.257 e. The van der Waals surface area contributed by atoms with Crippen molar-refractivity contribution in [3.05, 3.63) is 42.5 Å².